The van der Waals surface area contributed by atoms with Gasteiger partial charge in [-0.3, -0.25) is 0 Å². The average Bonchev–Trinajstić information content (AvgIpc) is 2.36. The van der Waals surface area contributed by atoms with Crippen molar-refractivity contribution in [3.63, 3.8) is 0 Å². The highest BCUT2D eigenvalue weighted by Gasteiger charge is 2.16. The Labute approximate surface area is 125 Å². The summed E-state index contributed by atoms with van der Waals surface area (Å²) in [5, 5.41) is 3.49. The van der Waals surface area contributed by atoms with Gasteiger partial charge < -0.3 is 5.32 Å². The maximum absolute atomic E-state index is 3.65. The molecule has 0 radical (unpaired) electrons. The Morgan fingerprint density at radius 3 is 2.68 bits per heavy atom. The molecule has 1 aromatic rings. The van der Waals surface area contributed by atoms with Crippen molar-refractivity contribution < 1.29 is 0 Å². The first kappa shape index (κ1) is 14.8. The molecule has 1 unspecified atom stereocenters. The second kappa shape index (κ2) is 7.25. The van der Waals surface area contributed by atoms with Crippen LogP contribution in [-0.2, 0) is 0 Å². The van der Waals surface area contributed by atoms with Gasteiger partial charge in [-0.1, -0.05) is 52.6 Å². The second-order valence-electron chi connectivity index (χ2n) is 5.46. The van der Waals surface area contributed by atoms with E-state index in [2.05, 4.69) is 59.5 Å². The van der Waals surface area contributed by atoms with Crippen LogP contribution >= 0.6 is 15.9 Å². The topological polar surface area (TPSA) is 12.0 Å². The van der Waals surface area contributed by atoms with Crippen LogP contribution < -0.4 is 5.32 Å². The number of aryl methyl sites for hydroxylation is 1. The van der Waals surface area contributed by atoms with Gasteiger partial charge in [0.05, 0.1) is 6.04 Å². The normalized spacial score (nSPS) is 21.1. The van der Waals surface area contributed by atoms with Gasteiger partial charge in [0.2, 0.25) is 0 Å². The molecule has 0 saturated carbocycles. The summed E-state index contributed by atoms with van der Waals surface area (Å²) in [4.78, 5) is 0. The summed E-state index contributed by atoms with van der Waals surface area (Å²) < 4.78 is 1.21. The number of rotatable bonds is 3. The number of likely N-dealkylation sites (N-methyl/N-ethyl adjacent to an activating group) is 1. The van der Waals surface area contributed by atoms with Crippen LogP contribution in [0.5, 0.6) is 0 Å². The number of halogens is 1. The van der Waals surface area contributed by atoms with Gasteiger partial charge in [0.25, 0.3) is 0 Å². The first-order chi connectivity index (χ1) is 9.22. The van der Waals surface area contributed by atoms with Gasteiger partial charge in [-0.25, -0.2) is 0 Å². The minimum atomic E-state index is 0.370. The standard InChI is InChI=1S/C17H24BrN/c1-13-10-11-15(12-16(13)18)17(19-2)14-8-6-4-3-5-7-9-14/h8,10-12,17,19H,3-7,9H2,1-2H3/b14-8+. The van der Waals surface area contributed by atoms with Gasteiger partial charge in [0, 0.05) is 4.47 Å². The predicted octanol–water partition coefficient (Wildman–Crippen LogP) is 5.30. The van der Waals surface area contributed by atoms with Crippen molar-refractivity contribution in [2.45, 2.75) is 51.5 Å². The molecule has 104 valence electrons. The summed E-state index contributed by atoms with van der Waals surface area (Å²) in [6.07, 6.45) is 10.4. The van der Waals surface area contributed by atoms with E-state index in [1.54, 1.807) is 5.57 Å². The number of hydrogen-bond acceptors (Lipinski definition) is 1. The smallest absolute Gasteiger partial charge is 0.0534 e. The van der Waals surface area contributed by atoms with Crippen LogP contribution in [0, 0.1) is 6.92 Å². The molecule has 0 saturated heterocycles. The summed E-state index contributed by atoms with van der Waals surface area (Å²) in [6, 6.07) is 7.08. The second-order valence-corrected chi connectivity index (χ2v) is 6.32. The van der Waals surface area contributed by atoms with Gasteiger partial charge in [0.15, 0.2) is 0 Å². The number of benzene rings is 1. The maximum Gasteiger partial charge on any atom is 0.0534 e. The van der Waals surface area contributed by atoms with Crippen molar-refractivity contribution in [2.75, 3.05) is 7.05 Å². The molecule has 1 aliphatic rings. The van der Waals surface area contributed by atoms with Crippen LogP contribution in [0.25, 0.3) is 0 Å². The van der Waals surface area contributed by atoms with Crippen molar-refractivity contribution in [1.29, 1.82) is 0 Å². The van der Waals surface area contributed by atoms with Crippen LogP contribution in [0.1, 0.15) is 55.7 Å². The SMILES string of the molecule is CNC(/C1=C/CCCCCC1)c1ccc(C)c(Br)c1. The Morgan fingerprint density at radius 2 is 1.95 bits per heavy atom. The monoisotopic (exact) mass is 321 g/mol. The fourth-order valence-corrected chi connectivity index (χ4v) is 3.23. The van der Waals surface area contributed by atoms with E-state index in [1.165, 1.54) is 54.1 Å². The zero-order valence-electron chi connectivity index (χ0n) is 12.0. The summed E-state index contributed by atoms with van der Waals surface area (Å²) in [5.41, 5.74) is 4.23. The molecule has 2 rings (SSSR count). The van der Waals surface area contributed by atoms with E-state index in [0.717, 1.165) is 0 Å². The van der Waals surface area contributed by atoms with Gasteiger partial charge in [-0.05, 0) is 56.8 Å². The van der Waals surface area contributed by atoms with Gasteiger partial charge in [-0.2, -0.15) is 0 Å². The molecule has 1 aromatic carbocycles. The van der Waals surface area contributed by atoms with E-state index < -0.39 is 0 Å². The molecule has 0 spiro atoms. The van der Waals surface area contributed by atoms with Crippen molar-refractivity contribution >= 4 is 15.9 Å². The highest BCUT2D eigenvalue weighted by atomic mass is 79.9. The molecule has 19 heavy (non-hydrogen) atoms. The molecule has 0 fully saturated rings. The molecule has 0 aromatic heterocycles. The zero-order valence-corrected chi connectivity index (χ0v) is 13.6. The first-order valence-corrected chi connectivity index (χ1v) is 8.14. The van der Waals surface area contributed by atoms with Crippen LogP contribution in [-0.4, -0.2) is 7.05 Å². The van der Waals surface area contributed by atoms with Crippen LogP contribution in [0.4, 0.5) is 0 Å². The van der Waals surface area contributed by atoms with Gasteiger partial charge in [-0.15, -0.1) is 0 Å². The summed E-state index contributed by atoms with van der Waals surface area (Å²) in [7, 11) is 2.07. The lowest BCUT2D eigenvalue weighted by Gasteiger charge is -2.23. The largest absolute Gasteiger partial charge is 0.310 e. The first-order valence-electron chi connectivity index (χ1n) is 7.34. The summed E-state index contributed by atoms with van der Waals surface area (Å²) in [5.74, 6) is 0. The van der Waals surface area contributed by atoms with Crippen LogP contribution in [0.2, 0.25) is 0 Å². The lowest BCUT2D eigenvalue weighted by Crippen LogP contribution is -2.19. The van der Waals surface area contributed by atoms with E-state index in [4.69, 9.17) is 0 Å². The maximum atomic E-state index is 3.65. The fraction of sp³-hybridized carbons (Fsp3) is 0.529. The van der Waals surface area contributed by atoms with E-state index in [0.29, 0.717) is 6.04 Å². The average molecular weight is 322 g/mol. The quantitative estimate of drug-likeness (QED) is 0.745. The Kier molecular flexibility index (Phi) is 5.65. The van der Waals surface area contributed by atoms with Gasteiger partial charge in [0.1, 0.15) is 0 Å². The molecule has 0 heterocycles. The Bertz CT molecular complexity index is 451. The van der Waals surface area contributed by atoms with Crippen molar-refractivity contribution in [3.05, 3.63) is 45.4 Å². The van der Waals surface area contributed by atoms with Gasteiger partial charge >= 0.3 is 0 Å². The lowest BCUT2D eigenvalue weighted by atomic mass is 9.91. The highest BCUT2D eigenvalue weighted by Crippen LogP contribution is 2.30. The van der Waals surface area contributed by atoms with E-state index in [1.807, 2.05) is 0 Å². The third-order valence-corrected chi connectivity index (χ3v) is 4.87. The Morgan fingerprint density at radius 1 is 1.16 bits per heavy atom. The molecule has 1 aliphatic carbocycles. The number of nitrogens with one attached hydrogen (secondary N) is 1. The molecular formula is C17H24BrN. The minimum absolute atomic E-state index is 0.370. The van der Waals surface area contributed by atoms with Crippen molar-refractivity contribution in [1.82, 2.24) is 5.32 Å². The Hall–Kier alpha value is -0.600. The van der Waals surface area contributed by atoms with Crippen LogP contribution in [0.15, 0.2) is 34.3 Å². The number of allylic oxidation sites excluding steroid dienone is 1. The molecule has 1 atom stereocenters. The molecule has 0 aliphatic heterocycles. The highest BCUT2D eigenvalue weighted by molar-refractivity contribution is 9.10. The third-order valence-electron chi connectivity index (χ3n) is 4.01. The van der Waals surface area contributed by atoms with Crippen LogP contribution in [0.3, 0.4) is 0 Å². The molecule has 2 heteroatoms. The predicted molar refractivity (Wildman–Crippen MR) is 86.5 cm³/mol. The zero-order chi connectivity index (χ0) is 13.7. The van der Waals surface area contributed by atoms with E-state index in [9.17, 15) is 0 Å². The van der Waals surface area contributed by atoms with E-state index >= 15 is 0 Å². The van der Waals surface area contributed by atoms with E-state index in [-0.39, 0.29) is 0 Å². The minimum Gasteiger partial charge on any atom is -0.310 e. The molecule has 0 amide bonds. The summed E-state index contributed by atoms with van der Waals surface area (Å²) >= 11 is 3.65. The fourth-order valence-electron chi connectivity index (χ4n) is 2.83. The number of hydrogen-bond donors (Lipinski definition) is 1. The molecule has 1 N–H and O–H groups in total. The third kappa shape index (κ3) is 3.93. The molecular weight excluding hydrogens is 298 g/mol. The summed E-state index contributed by atoms with van der Waals surface area (Å²) in [6.45, 7) is 2.14. The molecule has 0 bridgehead atoms. The van der Waals surface area contributed by atoms with Crippen molar-refractivity contribution in [2.24, 2.45) is 0 Å². The lowest BCUT2D eigenvalue weighted by molar-refractivity contribution is 0.573. The van der Waals surface area contributed by atoms with Crippen molar-refractivity contribution in [3.8, 4) is 0 Å². The Balaban J connectivity index is 2.24. The molecule has 1 nitrogen and oxygen atoms in total.